The van der Waals surface area contributed by atoms with Crippen LogP contribution < -0.4 is 24.9 Å². The molecule has 0 radical (unpaired) electrons. The Morgan fingerprint density at radius 1 is 0.656 bits per heavy atom. The van der Waals surface area contributed by atoms with Crippen molar-refractivity contribution in [3.05, 3.63) is 76.6 Å². The zero-order chi connectivity index (χ0) is 46.3. The lowest BCUT2D eigenvalue weighted by Gasteiger charge is -2.26. The molecule has 64 heavy (non-hydrogen) atoms. The smallest absolute Gasteiger partial charge is 0.346 e. The maximum atomic E-state index is 13.3. The first kappa shape index (κ1) is 47.3. The van der Waals surface area contributed by atoms with Crippen LogP contribution in [0.25, 0.3) is 31.8 Å². The lowest BCUT2D eigenvalue weighted by atomic mass is 10.1. The lowest BCUT2D eigenvalue weighted by Crippen LogP contribution is -2.37. The molecule has 5 aromatic rings. The molecule has 5 rings (SSSR count). The first-order valence-corrected chi connectivity index (χ1v) is 19.8. The highest BCUT2D eigenvalue weighted by Gasteiger charge is 2.24. The fraction of sp³-hybridized carbons (Fsp3) is 0.310. The Hall–Kier alpha value is -7.75. The maximum absolute atomic E-state index is 13.3. The van der Waals surface area contributed by atoms with Crippen molar-refractivity contribution in [1.29, 1.82) is 0 Å². The summed E-state index contributed by atoms with van der Waals surface area (Å²) < 4.78 is 47.8. The summed E-state index contributed by atoms with van der Waals surface area (Å²) in [7, 11) is 0. The van der Waals surface area contributed by atoms with Gasteiger partial charge < -0.3 is 57.2 Å². The Balaban J connectivity index is 1.45. The number of fused-ring (bicyclic) bond motifs is 2. The SMILES string of the molecule is CC(=O)OCOC(=O)CN(CC(=O)O)c1cc2oc(=O)c(-c3nc4ccccc4s3)cc2cc1OCCOc1cc(C)ccc1N(CC(=O)OCOC(C)=O)CC(=O)OCOC(C)=O. The number of thiazole rings is 1. The summed E-state index contributed by atoms with van der Waals surface area (Å²) in [5.74, 6) is -6.03. The molecular formula is C42H41N3O18S. The normalized spacial score (nSPS) is 10.7. The standard InChI is InChI=1S/C42H41N3O18S/c1-24-9-10-31(45(19-39(52)61-22-58-26(3)47)20-40(53)62-23-59-27(4)48)34(13-24)55-11-12-56-35-15-28-14-29(41-43-30-7-5-6-8-36(30)64-41)42(54)63-33(28)16-32(35)44(17-37(49)50)18-38(51)60-21-57-25(2)46/h5-10,13-16H,11-12,17-23H2,1-4H3,(H,49,50). The second-order valence-electron chi connectivity index (χ2n) is 13.4. The average Bonchev–Trinajstić information content (AvgIpc) is 3.65. The number of aliphatic carboxylic acids is 1. The molecule has 2 aromatic heterocycles. The number of carbonyl (C=O) groups is 7. The number of hydrogen-bond acceptors (Lipinski definition) is 21. The van der Waals surface area contributed by atoms with E-state index in [1.165, 1.54) is 28.4 Å². The van der Waals surface area contributed by atoms with E-state index in [0.717, 1.165) is 30.4 Å². The van der Waals surface area contributed by atoms with E-state index in [0.29, 0.717) is 21.5 Å². The van der Waals surface area contributed by atoms with Gasteiger partial charge in [-0.05, 0) is 48.9 Å². The number of ether oxygens (including phenoxy) is 8. The first-order chi connectivity index (χ1) is 30.6. The van der Waals surface area contributed by atoms with E-state index < -0.39 is 94.0 Å². The molecule has 0 amide bonds. The van der Waals surface area contributed by atoms with Gasteiger partial charge in [0.15, 0.2) is 0 Å². The second-order valence-corrected chi connectivity index (χ2v) is 14.4. The molecule has 3 aromatic carbocycles. The number of carbonyl (C=O) groups excluding carboxylic acids is 6. The van der Waals surface area contributed by atoms with Gasteiger partial charge in [0.25, 0.3) is 0 Å². The molecule has 0 saturated heterocycles. The van der Waals surface area contributed by atoms with Crippen molar-refractivity contribution >= 4 is 85.7 Å². The minimum atomic E-state index is -1.35. The van der Waals surface area contributed by atoms with Gasteiger partial charge in [-0.15, -0.1) is 11.3 Å². The van der Waals surface area contributed by atoms with Gasteiger partial charge >= 0.3 is 47.4 Å². The van der Waals surface area contributed by atoms with Crippen LogP contribution >= 0.6 is 11.3 Å². The molecule has 0 aliphatic rings. The van der Waals surface area contributed by atoms with Gasteiger partial charge in [-0.25, -0.2) is 9.78 Å². The molecule has 0 unspecified atom stereocenters. The summed E-state index contributed by atoms with van der Waals surface area (Å²) in [5, 5.41) is 10.6. The highest BCUT2D eigenvalue weighted by atomic mass is 32.1. The topological polar surface area (TPSA) is 263 Å². The molecule has 2 heterocycles. The van der Waals surface area contributed by atoms with Gasteiger partial charge in [0, 0.05) is 32.2 Å². The molecule has 22 heteroatoms. The van der Waals surface area contributed by atoms with E-state index in [1.54, 1.807) is 37.3 Å². The Morgan fingerprint density at radius 2 is 1.19 bits per heavy atom. The number of esters is 6. The van der Waals surface area contributed by atoms with Gasteiger partial charge in [-0.3, -0.25) is 33.6 Å². The summed E-state index contributed by atoms with van der Waals surface area (Å²) >= 11 is 1.28. The molecule has 0 bridgehead atoms. The molecule has 0 aliphatic carbocycles. The summed E-state index contributed by atoms with van der Waals surface area (Å²) in [6.45, 7) is 0.0385. The Kier molecular flexibility index (Phi) is 16.5. The van der Waals surface area contributed by atoms with Gasteiger partial charge in [0.1, 0.15) is 61.5 Å². The summed E-state index contributed by atoms with van der Waals surface area (Å²) in [6.07, 6.45) is 0. The molecule has 0 aliphatic heterocycles. The van der Waals surface area contributed by atoms with Crippen molar-refractivity contribution in [3.63, 3.8) is 0 Å². The van der Waals surface area contributed by atoms with Crippen molar-refractivity contribution in [1.82, 2.24) is 4.98 Å². The number of aryl methyl sites for hydroxylation is 1. The highest BCUT2D eigenvalue weighted by Crippen LogP contribution is 2.36. The minimum Gasteiger partial charge on any atom is -0.488 e. The van der Waals surface area contributed by atoms with Gasteiger partial charge in [-0.2, -0.15) is 0 Å². The van der Waals surface area contributed by atoms with Gasteiger partial charge in [0.2, 0.25) is 20.4 Å². The van der Waals surface area contributed by atoms with E-state index in [9.17, 15) is 43.5 Å². The molecule has 0 atom stereocenters. The third-order valence-corrected chi connectivity index (χ3v) is 9.54. The van der Waals surface area contributed by atoms with Crippen molar-refractivity contribution in [2.24, 2.45) is 0 Å². The summed E-state index contributed by atoms with van der Waals surface area (Å²) in [5.41, 5.74) is 1.02. The molecule has 0 spiro atoms. The van der Waals surface area contributed by atoms with Crippen molar-refractivity contribution < 1.29 is 81.0 Å². The number of carboxylic acid groups (broad SMARTS) is 1. The minimum absolute atomic E-state index is 0.00262. The molecule has 338 valence electrons. The van der Waals surface area contributed by atoms with Gasteiger partial charge in [-0.1, -0.05) is 18.2 Å². The van der Waals surface area contributed by atoms with Crippen molar-refractivity contribution in [2.75, 3.05) is 69.6 Å². The van der Waals surface area contributed by atoms with Crippen LogP contribution in [0.3, 0.4) is 0 Å². The average molecular weight is 908 g/mol. The number of nitrogens with zero attached hydrogens (tertiary/aromatic N) is 3. The van der Waals surface area contributed by atoms with Crippen LogP contribution in [0.4, 0.5) is 11.4 Å². The second kappa shape index (κ2) is 22.4. The lowest BCUT2D eigenvalue weighted by molar-refractivity contribution is -0.167. The monoisotopic (exact) mass is 907 g/mol. The number of hydrogen-bond donors (Lipinski definition) is 1. The Labute approximate surface area is 366 Å². The number of rotatable bonds is 22. The van der Waals surface area contributed by atoms with E-state index in [1.807, 2.05) is 18.2 Å². The molecule has 1 N–H and O–H groups in total. The van der Waals surface area contributed by atoms with Crippen LogP contribution in [0.2, 0.25) is 0 Å². The van der Waals surface area contributed by atoms with Crippen LogP contribution in [0, 0.1) is 6.92 Å². The third-order valence-electron chi connectivity index (χ3n) is 8.47. The van der Waals surface area contributed by atoms with E-state index >= 15 is 0 Å². The Morgan fingerprint density at radius 3 is 1.72 bits per heavy atom. The predicted octanol–water partition coefficient (Wildman–Crippen LogP) is 3.72. The van der Waals surface area contributed by atoms with Crippen LogP contribution in [-0.4, -0.2) is 112 Å². The van der Waals surface area contributed by atoms with Crippen LogP contribution in [0.15, 0.2) is 69.9 Å². The largest absolute Gasteiger partial charge is 0.488 e. The number of para-hydroxylation sites is 1. The molecular weight excluding hydrogens is 867 g/mol. The zero-order valence-electron chi connectivity index (χ0n) is 34.8. The van der Waals surface area contributed by atoms with Gasteiger partial charge in [0.05, 0.1) is 27.2 Å². The highest BCUT2D eigenvalue weighted by molar-refractivity contribution is 7.21. The van der Waals surface area contributed by atoms with Crippen LogP contribution in [-0.2, 0) is 62.0 Å². The number of carboxylic acids is 1. The third kappa shape index (κ3) is 13.9. The van der Waals surface area contributed by atoms with Crippen LogP contribution in [0.1, 0.15) is 26.3 Å². The molecule has 0 saturated carbocycles. The summed E-state index contributed by atoms with van der Waals surface area (Å²) in [4.78, 5) is 104. The Bertz CT molecular complexity index is 2540. The molecule has 21 nitrogen and oxygen atoms in total. The van der Waals surface area contributed by atoms with E-state index in [-0.39, 0.29) is 47.2 Å². The van der Waals surface area contributed by atoms with Crippen molar-refractivity contribution in [3.8, 4) is 22.1 Å². The number of aromatic nitrogens is 1. The quantitative estimate of drug-likeness (QED) is 0.0341. The summed E-state index contributed by atoms with van der Waals surface area (Å²) in [6, 6.07) is 16.5. The fourth-order valence-corrected chi connectivity index (χ4v) is 6.66. The number of benzene rings is 3. The number of anilines is 2. The van der Waals surface area contributed by atoms with E-state index in [4.69, 9.17) is 28.1 Å². The van der Waals surface area contributed by atoms with Crippen molar-refractivity contribution in [2.45, 2.75) is 27.7 Å². The first-order valence-electron chi connectivity index (χ1n) is 19.0. The maximum Gasteiger partial charge on any atom is 0.346 e. The van der Waals surface area contributed by atoms with Crippen LogP contribution in [0.5, 0.6) is 11.5 Å². The molecule has 0 fully saturated rings. The zero-order valence-corrected chi connectivity index (χ0v) is 35.6. The van der Waals surface area contributed by atoms with E-state index in [2.05, 4.69) is 19.2 Å². The predicted molar refractivity (Wildman–Crippen MR) is 224 cm³/mol. The fourth-order valence-electron chi connectivity index (χ4n) is 5.69.